The molecular weight excluding hydrogens is 444 g/mol. The van der Waals surface area contributed by atoms with Crippen LogP contribution in [0.5, 0.6) is 0 Å². The minimum Gasteiger partial charge on any atom is -0.462 e. The Morgan fingerprint density at radius 3 is 2.61 bits per heavy atom. The van der Waals surface area contributed by atoms with Crippen molar-refractivity contribution in [1.82, 2.24) is 19.9 Å². The molecule has 0 aliphatic heterocycles. The number of pyridine rings is 1. The molecular formula is C22H16F4N4O3. The molecule has 0 saturated carbocycles. The van der Waals surface area contributed by atoms with Crippen molar-refractivity contribution in [2.45, 2.75) is 20.0 Å². The van der Waals surface area contributed by atoms with Crippen molar-refractivity contribution in [2.24, 2.45) is 0 Å². The summed E-state index contributed by atoms with van der Waals surface area (Å²) >= 11 is 0. The van der Waals surface area contributed by atoms with Crippen LogP contribution in [0, 0.1) is 12.7 Å². The number of carbonyl (C=O) groups is 1. The van der Waals surface area contributed by atoms with Crippen LogP contribution in [-0.2, 0) is 10.9 Å². The molecule has 0 aliphatic rings. The van der Waals surface area contributed by atoms with E-state index in [1.807, 2.05) is 0 Å². The Balaban J connectivity index is 2.00. The summed E-state index contributed by atoms with van der Waals surface area (Å²) in [6.07, 6.45) is -2.71. The summed E-state index contributed by atoms with van der Waals surface area (Å²) < 4.78 is 67.8. The Morgan fingerprint density at radius 2 is 1.97 bits per heavy atom. The molecule has 0 unspecified atom stereocenters. The van der Waals surface area contributed by atoms with Crippen LogP contribution >= 0.6 is 0 Å². The van der Waals surface area contributed by atoms with Crippen LogP contribution in [0.3, 0.4) is 0 Å². The molecule has 0 aliphatic carbocycles. The van der Waals surface area contributed by atoms with E-state index in [1.54, 1.807) is 19.1 Å². The standard InChI is InChI=1S/C22H16F4N4O3/c1-3-32-21(31)17-18(16-12(2)7-6-8-14(16)23)29-33-19(17)13-11-28-30(20(13)22(24,25)26)15-9-4-5-10-27-15/h4-11H,3H2,1-2H3. The molecule has 0 bridgehead atoms. The van der Waals surface area contributed by atoms with E-state index < -0.39 is 40.5 Å². The molecule has 0 fully saturated rings. The van der Waals surface area contributed by atoms with Gasteiger partial charge in [-0.15, -0.1) is 0 Å². The molecule has 1 aromatic carbocycles. The second kappa shape index (κ2) is 8.49. The second-order valence-electron chi connectivity index (χ2n) is 6.89. The number of alkyl halides is 3. The molecule has 0 saturated heterocycles. The number of nitrogens with zero attached hydrogens (tertiary/aromatic N) is 4. The van der Waals surface area contributed by atoms with Crippen molar-refractivity contribution in [3.63, 3.8) is 0 Å². The summed E-state index contributed by atoms with van der Waals surface area (Å²) in [6.45, 7) is 3.03. The zero-order chi connectivity index (χ0) is 23.8. The van der Waals surface area contributed by atoms with Gasteiger partial charge in [0.15, 0.2) is 17.3 Å². The van der Waals surface area contributed by atoms with Gasteiger partial charge in [-0.3, -0.25) is 0 Å². The van der Waals surface area contributed by atoms with Gasteiger partial charge in [-0.25, -0.2) is 18.9 Å². The average Bonchev–Trinajstić information content (AvgIpc) is 3.39. The van der Waals surface area contributed by atoms with Crippen molar-refractivity contribution in [3.8, 4) is 28.4 Å². The largest absolute Gasteiger partial charge is 0.462 e. The summed E-state index contributed by atoms with van der Waals surface area (Å²) in [4.78, 5) is 16.7. The Labute approximate surface area is 184 Å². The third-order valence-corrected chi connectivity index (χ3v) is 4.78. The van der Waals surface area contributed by atoms with Crippen molar-refractivity contribution >= 4 is 5.97 Å². The van der Waals surface area contributed by atoms with Crippen molar-refractivity contribution < 1.29 is 31.6 Å². The number of benzene rings is 1. The molecule has 0 radical (unpaired) electrons. The number of ether oxygens (including phenoxy) is 1. The topological polar surface area (TPSA) is 83.0 Å². The number of rotatable bonds is 5. The molecule has 170 valence electrons. The van der Waals surface area contributed by atoms with E-state index in [4.69, 9.17) is 9.26 Å². The van der Waals surface area contributed by atoms with Crippen molar-refractivity contribution in [3.05, 3.63) is 71.4 Å². The molecule has 7 nitrogen and oxygen atoms in total. The molecule has 3 aromatic heterocycles. The predicted octanol–water partition coefficient (Wildman–Crippen LogP) is 5.23. The highest BCUT2D eigenvalue weighted by atomic mass is 19.4. The van der Waals surface area contributed by atoms with Gasteiger partial charge in [0, 0.05) is 11.8 Å². The quantitative estimate of drug-likeness (QED) is 0.300. The van der Waals surface area contributed by atoms with Crippen LogP contribution in [0.2, 0.25) is 0 Å². The van der Waals surface area contributed by atoms with Crippen LogP contribution in [0.15, 0.2) is 53.3 Å². The minimum atomic E-state index is -4.91. The van der Waals surface area contributed by atoms with Gasteiger partial charge in [-0.05, 0) is 37.6 Å². The van der Waals surface area contributed by atoms with Gasteiger partial charge in [-0.2, -0.15) is 18.3 Å². The van der Waals surface area contributed by atoms with Gasteiger partial charge in [0.2, 0.25) is 0 Å². The first-order valence-corrected chi connectivity index (χ1v) is 9.73. The van der Waals surface area contributed by atoms with Crippen LogP contribution in [-0.4, -0.2) is 32.5 Å². The fraction of sp³-hybridized carbons (Fsp3) is 0.182. The number of hydrogen-bond donors (Lipinski definition) is 0. The van der Waals surface area contributed by atoms with Gasteiger partial charge in [0.05, 0.1) is 18.4 Å². The first-order valence-electron chi connectivity index (χ1n) is 9.73. The lowest BCUT2D eigenvalue weighted by Gasteiger charge is -2.12. The highest BCUT2D eigenvalue weighted by molar-refractivity contribution is 6.02. The smallest absolute Gasteiger partial charge is 0.434 e. The van der Waals surface area contributed by atoms with Crippen molar-refractivity contribution in [2.75, 3.05) is 6.61 Å². The minimum absolute atomic E-state index is 0.0710. The van der Waals surface area contributed by atoms with E-state index in [0.29, 0.717) is 10.2 Å². The first kappa shape index (κ1) is 22.2. The summed E-state index contributed by atoms with van der Waals surface area (Å²) in [7, 11) is 0. The fourth-order valence-electron chi connectivity index (χ4n) is 3.41. The summed E-state index contributed by atoms with van der Waals surface area (Å²) in [5.74, 6) is -2.37. The van der Waals surface area contributed by atoms with E-state index in [9.17, 15) is 22.4 Å². The molecule has 3 heterocycles. The molecule has 11 heteroatoms. The highest BCUT2D eigenvalue weighted by Gasteiger charge is 2.42. The van der Waals surface area contributed by atoms with E-state index in [1.165, 1.54) is 31.3 Å². The van der Waals surface area contributed by atoms with E-state index in [2.05, 4.69) is 15.2 Å². The maximum absolute atomic E-state index is 14.6. The summed E-state index contributed by atoms with van der Waals surface area (Å²) in [6, 6.07) is 8.55. The predicted molar refractivity (Wildman–Crippen MR) is 108 cm³/mol. The second-order valence-corrected chi connectivity index (χ2v) is 6.89. The maximum atomic E-state index is 14.6. The lowest BCUT2D eigenvalue weighted by atomic mass is 9.98. The third-order valence-electron chi connectivity index (χ3n) is 4.78. The third kappa shape index (κ3) is 3.97. The molecule has 0 atom stereocenters. The maximum Gasteiger partial charge on any atom is 0.434 e. The lowest BCUT2D eigenvalue weighted by molar-refractivity contribution is -0.142. The normalized spacial score (nSPS) is 11.6. The van der Waals surface area contributed by atoms with Crippen LogP contribution in [0.1, 0.15) is 28.5 Å². The van der Waals surface area contributed by atoms with Crippen LogP contribution < -0.4 is 0 Å². The number of halogens is 4. The van der Waals surface area contributed by atoms with Gasteiger partial charge in [-0.1, -0.05) is 23.4 Å². The summed E-state index contributed by atoms with van der Waals surface area (Å²) in [5.41, 5.74) is -2.18. The van der Waals surface area contributed by atoms with Crippen LogP contribution in [0.25, 0.3) is 28.4 Å². The Morgan fingerprint density at radius 1 is 1.18 bits per heavy atom. The molecule has 4 aromatic rings. The molecule has 33 heavy (non-hydrogen) atoms. The number of aromatic nitrogens is 4. The summed E-state index contributed by atoms with van der Waals surface area (Å²) in [5, 5.41) is 7.57. The van der Waals surface area contributed by atoms with Crippen molar-refractivity contribution in [1.29, 1.82) is 0 Å². The molecule has 0 spiro atoms. The van der Waals surface area contributed by atoms with Crippen LogP contribution in [0.4, 0.5) is 17.6 Å². The van der Waals surface area contributed by atoms with E-state index in [-0.39, 0.29) is 23.7 Å². The SMILES string of the molecule is CCOC(=O)c1c(-c2c(C)cccc2F)noc1-c1cnn(-c2ccccn2)c1C(F)(F)F. The van der Waals surface area contributed by atoms with E-state index in [0.717, 1.165) is 12.3 Å². The lowest BCUT2D eigenvalue weighted by Crippen LogP contribution is -2.16. The Bertz CT molecular complexity index is 1290. The van der Waals surface area contributed by atoms with E-state index >= 15 is 0 Å². The number of esters is 1. The number of aryl methyl sites for hydroxylation is 1. The first-order chi connectivity index (χ1) is 15.7. The monoisotopic (exact) mass is 460 g/mol. The number of hydrogen-bond acceptors (Lipinski definition) is 6. The molecule has 0 N–H and O–H groups in total. The van der Waals surface area contributed by atoms with Gasteiger partial charge >= 0.3 is 12.1 Å². The molecule has 4 rings (SSSR count). The Kier molecular flexibility index (Phi) is 5.71. The Hall–Kier alpha value is -4.02. The zero-order valence-electron chi connectivity index (χ0n) is 17.4. The highest BCUT2D eigenvalue weighted by Crippen LogP contribution is 2.42. The van der Waals surface area contributed by atoms with Gasteiger partial charge < -0.3 is 9.26 Å². The van der Waals surface area contributed by atoms with Gasteiger partial charge in [0.1, 0.15) is 17.1 Å². The average molecular weight is 460 g/mol. The zero-order valence-corrected chi connectivity index (χ0v) is 17.4. The van der Waals surface area contributed by atoms with Gasteiger partial charge in [0.25, 0.3) is 0 Å². The molecule has 0 amide bonds. The fourth-order valence-corrected chi connectivity index (χ4v) is 3.41. The number of carbonyl (C=O) groups excluding carboxylic acids is 1.